The third-order valence-electron chi connectivity index (χ3n) is 5.66. The van der Waals surface area contributed by atoms with E-state index >= 15 is 0 Å². The van der Waals surface area contributed by atoms with Gasteiger partial charge in [0.25, 0.3) is 5.69 Å². The first kappa shape index (κ1) is 23.3. The lowest BCUT2D eigenvalue weighted by Gasteiger charge is -2.11. The molecule has 0 radical (unpaired) electrons. The number of anilines is 1. The molecule has 0 spiro atoms. The fourth-order valence-corrected chi connectivity index (χ4v) is 4.87. The molecule has 2 heterocycles. The fourth-order valence-electron chi connectivity index (χ4n) is 3.98. The number of rotatable bonds is 8. The number of carbonyl (C=O) groups excluding carboxylic acids is 1. The number of hydrogen-bond donors (Lipinski definition) is 2. The molecule has 9 nitrogen and oxygen atoms in total. The molecule has 0 aliphatic rings. The van der Waals surface area contributed by atoms with Crippen LogP contribution in [0.5, 0.6) is 0 Å². The molecular weight excluding hydrogens is 476 g/mol. The predicted octanol–water partition coefficient (Wildman–Crippen LogP) is 5.75. The second-order valence-corrected chi connectivity index (χ2v) is 9.21. The lowest BCUT2D eigenvalue weighted by atomic mass is 10.1. The Morgan fingerprint density at radius 1 is 1.08 bits per heavy atom. The summed E-state index contributed by atoms with van der Waals surface area (Å²) >= 11 is 1.41. The monoisotopic (exact) mass is 498 g/mol. The zero-order chi connectivity index (χ0) is 25.1. The fraction of sp³-hybridized carbons (Fsp3) is 0.115. The maximum absolute atomic E-state index is 12.5. The summed E-state index contributed by atoms with van der Waals surface area (Å²) in [6.45, 7) is 2.03. The van der Waals surface area contributed by atoms with Crippen molar-refractivity contribution in [1.82, 2.24) is 19.7 Å². The van der Waals surface area contributed by atoms with E-state index in [1.54, 1.807) is 12.1 Å². The van der Waals surface area contributed by atoms with E-state index in [2.05, 4.69) is 26.6 Å². The van der Waals surface area contributed by atoms with Crippen molar-refractivity contribution in [2.45, 2.75) is 18.5 Å². The van der Waals surface area contributed by atoms with Gasteiger partial charge in [-0.3, -0.25) is 19.5 Å². The highest BCUT2D eigenvalue weighted by Gasteiger charge is 2.20. The summed E-state index contributed by atoms with van der Waals surface area (Å²) in [7, 11) is 0. The maximum Gasteiger partial charge on any atom is 0.292 e. The normalized spacial score (nSPS) is 11.0. The van der Waals surface area contributed by atoms with Gasteiger partial charge in [0, 0.05) is 46.6 Å². The second-order valence-electron chi connectivity index (χ2n) is 8.15. The molecule has 2 N–H and O–H groups in total. The van der Waals surface area contributed by atoms with Crippen molar-refractivity contribution < 1.29 is 9.72 Å². The largest absolute Gasteiger partial charge is 0.360 e. The van der Waals surface area contributed by atoms with Gasteiger partial charge in [-0.15, -0.1) is 10.2 Å². The van der Waals surface area contributed by atoms with Crippen LogP contribution < -0.4 is 5.32 Å². The Bertz CT molecular complexity index is 1580. The minimum absolute atomic E-state index is 0.138. The Morgan fingerprint density at radius 2 is 1.89 bits per heavy atom. The molecular formula is C26H22N6O3S. The number of carbonyl (C=O) groups is 1. The minimum atomic E-state index is -0.513. The highest BCUT2D eigenvalue weighted by molar-refractivity contribution is 7.99. The van der Waals surface area contributed by atoms with Gasteiger partial charge in [0.05, 0.1) is 4.92 Å². The summed E-state index contributed by atoms with van der Waals surface area (Å²) in [6, 6.07) is 22.2. The van der Waals surface area contributed by atoms with Crippen LogP contribution in [0, 0.1) is 17.0 Å². The zero-order valence-electron chi connectivity index (χ0n) is 19.3. The number of aryl methyl sites for hydroxylation is 1. The van der Waals surface area contributed by atoms with Crippen molar-refractivity contribution in [1.29, 1.82) is 0 Å². The van der Waals surface area contributed by atoms with Crippen LogP contribution in [0.15, 0.2) is 84.1 Å². The number of thioether (sulfide) groups is 1. The van der Waals surface area contributed by atoms with Crippen LogP contribution in [0.1, 0.15) is 12.0 Å². The number of para-hydroxylation sites is 3. The topological polar surface area (TPSA) is 119 Å². The second kappa shape index (κ2) is 10.0. The van der Waals surface area contributed by atoms with Crippen LogP contribution >= 0.6 is 11.8 Å². The lowest BCUT2D eigenvalue weighted by Crippen LogP contribution is -2.13. The maximum atomic E-state index is 12.5. The molecule has 3 aromatic carbocycles. The van der Waals surface area contributed by atoms with E-state index < -0.39 is 4.92 Å². The molecule has 0 aliphatic carbocycles. The smallest absolute Gasteiger partial charge is 0.292 e. The van der Waals surface area contributed by atoms with Gasteiger partial charge in [0.15, 0.2) is 11.0 Å². The van der Waals surface area contributed by atoms with E-state index in [4.69, 9.17) is 0 Å². The number of nitro groups is 1. The number of nitro benzene ring substituents is 1. The third-order valence-corrected chi connectivity index (χ3v) is 6.59. The average Bonchev–Trinajstić information content (AvgIpc) is 3.48. The van der Waals surface area contributed by atoms with Crippen LogP contribution in [-0.2, 0) is 4.79 Å². The molecule has 5 aromatic rings. The first-order valence-electron chi connectivity index (χ1n) is 11.3. The van der Waals surface area contributed by atoms with Gasteiger partial charge in [-0.25, -0.2) is 0 Å². The van der Waals surface area contributed by atoms with Gasteiger partial charge < -0.3 is 10.3 Å². The Balaban J connectivity index is 1.39. The number of aromatic amines is 1. The van der Waals surface area contributed by atoms with Crippen LogP contribution in [0.25, 0.3) is 28.0 Å². The average molecular weight is 499 g/mol. The van der Waals surface area contributed by atoms with E-state index in [0.717, 1.165) is 27.7 Å². The molecule has 36 heavy (non-hydrogen) atoms. The van der Waals surface area contributed by atoms with Crippen LogP contribution in [0.4, 0.5) is 11.4 Å². The molecule has 0 bridgehead atoms. The molecule has 0 aliphatic heterocycles. The molecule has 180 valence electrons. The van der Waals surface area contributed by atoms with Crippen molar-refractivity contribution in [3.63, 3.8) is 0 Å². The number of nitrogens with zero attached hydrogens (tertiary/aromatic N) is 4. The number of nitrogens with one attached hydrogen (secondary N) is 2. The summed E-state index contributed by atoms with van der Waals surface area (Å²) in [5.74, 6) is 0.810. The van der Waals surface area contributed by atoms with E-state index in [9.17, 15) is 14.9 Å². The summed E-state index contributed by atoms with van der Waals surface area (Å²) in [6.07, 6.45) is 2.08. The van der Waals surface area contributed by atoms with Crippen molar-refractivity contribution >= 4 is 39.9 Å². The molecule has 10 heteroatoms. The van der Waals surface area contributed by atoms with E-state index in [0.29, 0.717) is 16.7 Å². The number of fused-ring (bicyclic) bond motifs is 1. The van der Waals surface area contributed by atoms with Crippen LogP contribution in [0.2, 0.25) is 0 Å². The molecule has 0 fully saturated rings. The SMILES string of the molecule is Cc1cccc(-n2c(SCCC(=O)Nc3ccccc3[N+](=O)[O-])nnc2-c2c[nH]c3ccccc23)c1. The molecule has 0 saturated heterocycles. The Morgan fingerprint density at radius 3 is 2.72 bits per heavy atom. The van der Waals surface area contributed by atoms with Crippen LogP contribution in [0.3, 0.4) is 0 Å². The van der Waals surface area contributed by atoms with Crippen molar-refractivity contribution in [2.75, 3.05) is 11.1 Å². The van der Waals surface area contributed by atoms with Gasteiger partial charge in [0.2, 0.25) is 5.91 Å². The Kier molecular flexibility index (Phi) is 6.50. The van der Waals surface area contributed by atoms with Gasteiger partial charge in [-0.2, -0.15) is 0 Å². The Hall–Kier alpha value is -4.44. The minimum Gasteiger partial charge on any atom is -0.360 e. The molecule has 1 amide bonds. The molecule has 0 unspecified atom stereocenters. The zero-order valence-corrected chi connectivity index (χ0v) is 20.2. The summed E-state index contributed by atoms with van der Waals surface area (Å²) in [4.78, 5) is 26.5. The molecule has 5 rings (SSSR count). The molecule has 0 atom stereocenters. The number of aromatic nitrogens is 4. The Labute approximate surface area is 210 Å². The number of amides is 1. The predicted molar refractivity (Wildman–Crippen MR) is 140 cm³/mol. The number of hydrogen-bond acceptors (Lipinski definition) is 6. The first-order chi connectivity index (χ1) is 17.5. The van der Waals surface area contributed by atoms with Gasteiger partial charge in [0.1, 0.15) is 5.69 Å². The van der Waals surface area contributed by atoms with Crippen LogP contribution in [-0.4, -0.2) is 36.3 Å². The van der Waals surface area contributed by atoms with Gasteiger partial charge in [-0.05, 0) is 36.8 Å². The van der Waals surface area contributed by atoms with Gasteiger partial charge in [-0.1, -0.05) is 54.2 Å². The highest BCUT2D eigenvalue weighted by Crippen LogP contribution is 2.33. The lowest BCUT2D eigenvalue weighted by molar-refractivity contribution is -0.383. The van der Waals surface area contributed by atoms with Crippen molar-refractivity contribution in [2.24, 2.45) is 0 Å². The number of benzene rings is 3. The van der Waals surface area contributed by atoms with Crippen molar-refractivity contribution in [3.05, 3.63) is 94.7 Å². The van der Waals surface area contributed by atoms with Crippen molar-refractivity contribution in [3.8, 4) is 17.1 Å². The van der Waals surface area contributed by atoms with E-state index in [-0.39, 0.29) is 23.7 Å². The molecule has 0 saturated carbocycles. The first-order valence-corrected chi connectivity index (χ1v) is 12.2. The summed E-state index contributed by atoms with van der Waals surface area (Å²) in [5.41, 5.74) is 4.01. The summed E-state index contributed by atoms with van der Waals surface area (Å²) in [5, 5.41) is 24.5. The standard InChI is InChI=1S/C26H22N6O3S/c1-17-7-6-8-18(15-17)31-25(20-16-27-21-10-3-2-9-19(20)21)29-30-26(31)36-14-13-24(33)28-22-11-4-5-12-23(22)32(34)35/h2-12,15-16,27H,13-14H2,1H3,(H,28,33). The summed E-state index contributed by atoms with van der Waals surface area (Å²) < 4.78 is 1.99. The highest BCUT2D eigenvalue weighted by atomic mass is 32.2. The van der Waals surface area contributed by atoms with E-state index in [1.165, 1.54) is 23.9 Å². The van der Waals surface area contributed by atoms with Gasteiger partial charge >= 0.3 is 0 Å². The molecule has 2 aromatic heterocycles. The quantitative estimate of drug-likeness (QED) is 0.160. The van der Waals surface area contributed by atoms with E-state index in [1.807, 2.05) is 60.2 Å². The number of H-pyrrole nitrogens is 1. The third kappa shape index (κ3) is 4.71.